The molecule has 6 nitrogen and oxygen atoms in total. The van der Waals surface area contributed by atoms with Crippen LogP contribution in [0.5, 0.6) is 0 Å². The van der Waals surface area contributed by atoms with E-state index in [0.717, 1.165) is 6.42 Å². The van der Waals surface area contributed by atoms with Crippen LogP contribution in [0.1, 0.15) is 33.6 Å². The molecular formula is C12H23N3O3. The standard InChI is InChI=1S/C12H23N3O3/c1-12(2,3)18-11(17)15-8-4-5-9(15)10(16)14-7-6-13/h9H,4-8,13H2,1-3H3,(H,14,16). The van der Waals surface area contributed by atoms with Crippen molar-refractivity contribution in [2.24, 2.45) is 5.73 Å². The van der Waals surface area contributed by atoms with Crippen LogP contribution in [-0.2, 0) is 9.53 Å². The molecule has 1 saturated heterocycles. The summed E-state index contributed by atoms with van der Waals surface area (Å²) < 4.78 is 5.29. The molecule has 6 heteroatoms. The highest BCUT2D eigenvalue weighted by molar-refractivity contribution is 5.86. The highest BCUT2D eigenvalue weighted by Crippen LogP contribution is 2.20. The van der Waals surface area contributed by atoms with Gasteiger partial charge in [-0.15, -0.1) is 0 Å². The van der Waals surface area contributed by atoms with E-state index in [-0.39, 0.29) is 5.91 Å². The minimum Gasteiger partial charge on any atom is -0.444 e. The lowest BCUT2D eigenvalue weighted by Gasteiger charge is -2.28. The summed E-state index contributed by atoms with van der Waals surface area (Å²) in [7, 11) is 0. The van der Waals surface area contributed by atoms with Crippen molar-refractivity contribution in [2.75, 3.05) is 19.6 Å². The summed E-state index contributed by atoms with van der Waals surface area (Å²) in [5.74, 6) is -0.149. The van der Waals surface area contributed by atoms with E-state index in [2.05, 4.69) is 5.32 Å². The monoisotopic (exact) mass is 257 g/mol. The molecule has 1 aliphatic rings. The third-order valence-corrected chi connectivity index (χ3v) is 2.63. The number of carbonyl (C=O) groups is 2. The lowest BCUT2D eigenvalue weighted by Crippen LogP contribution is -2.48. The number of amides is 2. The van der Waals surface area contributed by atoms with E-state index in [1.807, 2.05) is 20.8 Å². The van der Waals surface area contributed by atoms with Crippen molar-refractivity contribution in [2.45, 2.75) is 45.3 Å². The molecular weight excluding hydrogens is 234 g/mol. The summed E-state index contributed by atoms with van der Waals surface area (Å²) in [4.78, 5) is 25.3. The highest BCUT2D eigenvalue weighted by atomic mass is 16.6. The number of carbonyl (C=O) groups excluding carboxylic acids is 2. The summed E-state index contributed by atoms with van der Waals surface area (Å²) in [6.07, 6.45) is 1.07. The van der Waals surface area contributed by atoms with Gasteiger partial charge < -0.3 is 15.8 Å². The van der Waals surface area contributed by atoms with Crippen molar-refractivity contribution < 1.29 is 14.3 Å². The molecule has 1 fully saturated rings. The van der Waals surface area contributed by atoms with Gasteiger partial charge in [0.25, 0.3) is 0 Å². The van der Waals surface area contributed by atoms with E-state index in [1.165, 1.54) is 4.90 Å². The van der Waals surface area contributed by atoms with E-state index in [9.17, 15) is 9.59 Å². The van der Waals surface area contributed by atoms with Crippen molar-refractivity contribution in [1.82, 2.24) is 10.2 Å². The van der Waals surface area contributed by atoms with Crippen LogP contribution in [0, 0.1) is 0 Å². The van der Waals surface area contributed by atoms with Crippen LogP contribution in [0.15, 0.2) is 0 Å². The van der Waals surface area contributed by atoms with Gasteiger partial charge >= 0.3 is 6.09 Å². The lowest BCUT2D eigenvalue weighted by atomic mass is 10.2. The Bertz CT molecular complexity index is 312. The molecule has 0 aliphatic carbocycles. The second-order valence-corrected chi connectivity index (χ2v) is 5.41. The molecule has 1 atom stereocenters. The summed E-state index contributed by atoms with van der Waals surface area (Å²) in [6.45, 7) is 6.82. The summed E-state index contributed by atoms with van der Waals surface area (Å²) in [6, 6.07) is -0.425. The zero-order valence-corrected chi connectivity index (χ0v) is 11.4. The molecule has 1 aliphatic heterocycles. The Labute approximate surface area is 108 Å². The summed E-state index contributed by atoms with van der Waals surface area (Å²) in [5.41, 5.74) is 4.79. The highest BCUT2D eigenvalue weighted by Gasteiger charge is 2.36. The van der Waals surface area contributed by atoms with Gasteiger partial charge in [0.05, 0.1) is 0 Å². The first kappa shape index (κ1) is 14.8. The van der Waals surface area contributed by atoms with Gasteiger partial charge in [-0.3, -0.25) is 9.69 Å². The van der Waals surface area contributed by atoms with Crippen LogP contribution in [0.25, 0.3) is 0 Å². The van der Waals surface area contributed by atoms with Crippen molar-refractivity contribution in [3.05, 3.63) is 0 Å². The molecule has 0 bridgehead atoms. The minimum atomic E-state index is -0.544. The molecule has 1 heterocycles. The first-order valence-corrected chi connectivity index (χ1v) is 6.32. The Morgan fingerprint density at radius 1 is 1.44 bits per heavy atom. The second-order valence-electron chi connectivity index (χ2n) is 5.41. The second kappa shape index (κ2) is 6.04. The number of likely N-dealkylation sites (tertiary alicyclic amines) is 1. The van der Waals surface area contributed by atoms with E-state index in [0.29, 0.717) is 26.1 Å². The van der Waals surface area contributed by atoms with Gasteiger partial charge in [-0.05, 0) is 33.6 Å². The molecule has 0 aromatic rings. The van der Waals surface area contributed by atoms with E-state index >= 15 is 0 Å². The van der Waals surface area contributed by atoms with Crippen LogP contribution < -0.4 is 11.1 Å². The number of rotatable bonds is 3. The molecule has 0 radical (unpaired) electrons. The Kier molecular flexibility index (Phi) is 4.95. The van der Waals surface area contributed by atoms with Crippen LogP contribution in [-0.4, -0.2) is 48.2 Å². The molecule has 0 aromatic carbocycles. The average Bonchev–Trinajstić information content (AvgIpc) is 2.72. The van der Waals surface area contributed by atoms with Crippen molar-refractivity contribution in [3.8, 4) is 0 Å². The van der Waals surface area contributed by atoms with Gasteiger partial charge in [-0.2, -0.15) is 0 Å². The zero-order valence-electron chi connectivity index (χ0n) is 11.4. The maximum Gasteiger partial charge on any atom is 0.410 e. The maximum atomic E-state index is 11.9. The number of nitrogens with two attached hydrogens (primary N) is 1. The number of hydrogen-bond acceptors (Lipinski definition) is 4. The van der Waals surface area contributed by atoms with Crippen LogP contribution >= 0.6 is 0 Å². The predicted molar refractivity (Wildman–Crippen MR) is 68.0 cm³/mol. The number of hydrogen-bond donors (Lipinski definition) is 2. The SMILES string of the molecule is CC(C)(C)OC(=O)N1CCCC1C(=O)NCCN. The van der Waals surface area contributed by atoms with Crippen molar-refractivity contribution >= 4 is 12.0 Å². The smallest absolute Gasteiger partial charge is 0.410 e. The number of ether oxygens (including phenoxy) is 1. The van der Waals surface area contributed by atoms with Gasteiger partial charge in [0.15, 0.2) is 0 Å². The van der Waals surface area contributed by atoms with Gasteiger partial charge in [0.2, 0.25) is 5.91 Å². The third-order valence-electron chi connectivity index (χ3n) is 2.63. The van der Waals surface area contributed by atoms with Crippen molar-refractivity contribution in [1.29, 1.82) is 0 Å². The first-order valence-electron chi connectivity index (χ1n) is 6.32. The van der Waals surface area contributed by atoms with Crippen LogP contribution in [0.2, 0.25) is 0 Å². The maximum absolute atomic E-state index is 11.9. The number of nitrogens with one attached hydrogen (secondary N) is 1. The molecule has 104 valence electrons. The fraction of sp³-hybridized carbons (Fsp3) is 0.833. The normalized spacial score (nSPS) is 19.8. The Hall–Kier alpha value is -1.30. The Balaban J connectivity index is 2.59. The fourth-order valence-corrected chi connectivity index (χ4v) is 1.89. The average molecular weight is 257 g/mol. The Morgan fingerprint density at radius 3 is 2.67 bits per heavy atom. The van der Waals surface area contributed by atoms with Gasteiger partial charge in [-0.1, -0.05) is 0 Å². The van der Waals surface area contributed by atoms with Gasteiger partial charge in [-0.25, -0.2) is 4.79 Å². The predicted octanol–water partition coefficient (Wildman–Crippen LogP) is 0.461. The van der Waals surface area contributed by atoms with Gasteiger partial charge in [0, 0.05) is 19.6 Å². The fourth-order valence-electron chi connectivity index (χ4n) is 1.89. The van der Waals surface area contributed by atoms with E-state index in [4.69, 9.17) is 10.5 Å². The molecule has 18 heavy (non-hydrogen) atoms. The molecule has 0 aromatic heterocycles. The van der Waals surface area contributed by atoms with Crippen molar-refractivity contribution in [3.63, 3.8) is 0 Å². The zero-order chi connectivity index (χ0) is 13.8. The molecule has 1 rings (SSSR count). The van der Waals surface area contributed by atoms with Gasteiger partial charge in [0.1, 0.15) is 11.6 Å². The molecule has 0 saturated carbocycles. The van der Waals surface area contributed by atoms with Crippen LogP contribution in [0.3, 0.4) is 0 Å². The largest absolute Gasteiger partial charge is 0.444 e. The molecule has 0 spiro atoms. The number of nitrogens with zero attached hydrogens (tertiary/aromatic N) is 1. The minimum absolute atomic E-state index is 0.149. The Morgan fingerprint density at radius 2 is 2.11 bits per heavy atom. The summed E-state index contributed by atoms with van der Waals surface area (Å²) in [5, 5.41) is 2.71. The van der Waals surface area contributed by atoms with E-state index < -0.39 is 17.7 Å². The van der Waals surface area contributed by atoms with Crippen LogP contribution in [0.4, 0.5) is 4.79 Å². The molecule has 1 unspecified atom stereocenters. The third kappa shape index (κ3) is 4.18. The molecule has 2 amide bonds. The molecule has 3 N–H and O–H groups in total. The first-order chi connectivity index (χ1) is 8.35. The van der Waals surface area contributed by atoms with E-state index in [1.54, 1.807) is 0 Å². The lowest BCUT2D eigenvalue weighted by molar-refractivity contribution is -0.125. The summed E-state index contributed by atoms with van der Waals surface area (Å²) >= 11 is 0. The quantitative estimate of drug-likeness (QED) is 0.769. The topological polar surface area (TPSA) is 84.7 Å².